The maximum absolute atomic E-state index is 8.72. The predicted octanol–water partition coefficient (Wildman–Crippen LogP) is 12.1. The van der Waals surface area contributed by atoms with Gasteiger partial charge in [-0.25, -0.2) is 15.0 Å². The molecule has 0 saturated carbocycles. The van der Waals surface area contributed by atoms with E-state index in [-0.39, 0.29) is 0 Å². The van der Waals surface area contributed by atoms with E-state index >= 15 is 0 Å². The molecule has 1 heterocycles. The molecular formula is C49H35N3. The summed E-state index contributed by atoms with van der Waals surface area (Å²) in [5, 5.41) is 0. The Morgan fingerprint density at radius 3 is 1.48 bits per heavy atom. The van der Waals surface area contributed by atoms with E-state index in [9.17, 15) is 0 Å². The average molecular weight is 672 g/mol. The third-order valence-corrected chi connectivity index (χ3v) is 10.5. The molecule has 0 amide bonds. The van der Waals surface area contributed by atoms with Crippen molar-refractivity contribution in [2.45, 2.75) is 25.5 Å². The van der Waals surface area contributed by atoms with Crippen molar-refractivity contribution >= 4 is 0 Å². The van der Waals surface area contributed by atoms with Crippen molar-refractivity contribution in [3.05, 3.63) is 186 Å². The first-order valence-electron chi connectivity index (χ1n) is 20.5. The summed E-state index contributed by atoms with van der Waals surface area (Å²) < 4.78 is 52.3. The van der Waals surface area contributed by atoms with Crippen LogP contribution in [0.4, 0.5) is 0 Å². The van der Waals surface area contributed by atoms with Gasteiger partial charge in [-0.1, -0.05) is 165 Å². The minimum Gasteiger partial charge on any atom is -0.208 e. The molecule has 0 aliphatic heterocycles. The molecule has 0 spiro atoms. The van der Waals surface area contributed by atoms with Gasteiger partial charge in [0.2, 0.25) is 0 Å². The fourth-order valence-electron chi connectivity index (χ4n) is 7.99. The quantitative estimate of drug-likeness (QED) is 0.183. The van der Waals surface area contributed by atoms with E-state index in [0.29, 0.717) is 46.1 Å². The molecule has 1 aromatic heterocycles. The minimum atomic E-state index is -2.83. The van der Waals surface area contributed by atoms with Crippen molar-refractivity contribution in [2.24, 2.45) is 0 Å². The highest BCUT2D eigenvalue weighted by Crippen LogP contribution is 2.51. The zero-order valence-electron chi connectivity index (χ0n) is 34.1. The van der Waals surface area contributed by atoms with Crippen LogP contribution < -0.4 is 0 Å². The molecule has 3 nitrogen and oxygen atoms in total. The van der Waals surface area contributed by atoms with Crippen LogP contribution in [-0.2, 0) is 11.8 Å². The van der Waals surface area contributed by atoms with Crippen molar-refractivity contribution in [3.8, 4) is 78.7 Å². The third-order valence-electron chi connectivity index (χ3n) is 10.5. The smallest absolute Gasteiger partial charge is 0.164 e. The third kappa shape index (κ3) is 4.85. The van der Waals surface area contributed by atoms with Gasteiger partial charge in [-0.05, 0) is 85.3 Å². The van der Waals surface area contributed by atoms with Gasteiger partial charge in [0, 0.05) is 30.3 Å². The summed E-state index contributed by atoms with van der Waals surface area (Å²) in [6.07, 6.45) is 0.643. The molecule has 0 fully saturated rings. The van der Waals surface area contributed by atoms with Crippen LogP contribution >= 0.6 is 0 Å². The van der Waals surface area contributed by atoms with Crippen LogP contribution in [0.3, 0.4) is 0 Å². The van der Waals surface area contributed by atoms with E-state index in [2.05, 4.69) is 42.5 Å². The number of hydrogen-bond donors (Lipinski definition) is 0. The lowest BCUT2D eigenvalue weighted by Crippen LogP contribution is -2.14. The second-order valence-electron chi connectivity index (χ2n) is 13.5. The summed E-state index contributed by atoms with van der Waals surface area (Å²) in [5.74, 6) is 1.78. The molecule has 246 valence electrons. The summed E-state index contributed by atoms with van der Waals surface area (Å²) in [4.78, 5) is 14.8. The van der Waals surface area contributed by atoms with Crippen molar-refractivity contribution in [1.82, 2.24) is 15.0 Å². The van der Waals surface area contributed by atoms with E-state index in [0.717, 1.165) is 55.6 Å². The number of benzene rings is 7. The molecule has 2 aliphatic rings. The molecule has 0 atom stereocenters. The Balaban J connectivity index is 1.06. The monoisotopic (exact) mass is 671 g/mol. The Labute approximate surface area is 312 Å². The molecule has 0 unspecified atom stereocenters. The van der Waals surface area contributed by atoms with Gasteiger partial charge < -0.3 is 0 Å². The Bertz CT molecular complexity index is 2830. The van der Waals surface area contributed by atoms with Crippen LogP contribution in [0.1, 0.15) is 44.2 Å². The second kappa shape index (κ2) is 11.8. The molecule has 0 radical (unpaired) electrons. The molecule has 0 saturated heterocycles. The molecule has 0 N–H and O–H groups in total. The zero-order valence-corrected chi connectivity index (χ0v) is 28.1. The fourth-order valence-corrected chi connectivity index (χ4v) is 7.99. The van der Waals surface area contributed by atoms with Crippen LogP contribution in [0.2, 0.25) is 0 Å². The maximum atomic E-state index is 8.72. The molecular weight excluding hydrogens is 631 g/mol. The van der Waals surface area contributed by atoms with Gasteiger partial charge in [-0.2, -0.15) is 0 Å². The van der Waals surface area contributed by atoms with Crippen molar-refractivity contribution < 1.29 is 8.22 Å². The van der Waals surface area contributed by atoms with Gasteiger partial charge in [0.05, 0.1) is 0 Å². The first-order chi connectivity index (χ1) is 28.0. The van der Waals surface area contributed by atoms with E-state index in [1.165, 1.54) is 5.56 Å². The minimum absolute atomic E-state index is 0.320. The standard InChI is InChI=1S/C49H35N3/c1-49(2)44-25-10-9-20-40(44)41-27-26-34(29-45(41)49)37-22-13-24-39-38-23-12-21-36(42(38)30-43(37)39)33-18-11-19-35(28-33)48-51-46(31-14-5-3-6-15-31)50-47(52-48)32-16-7-4-8-17-32/h3-29H,30H2,1-2H3/i1D3,2D3. The summed E-state index contributed by atoms with van der Waals surface area (Å²) in [7, 11) is 0. The first-order valence-corrected chi connectivity index (χ1v) is 17.5. The lowest BCUT2D eigenvalue weighted by molar-refractivity contribution is 0.660. The van der Waals surface area contributed by atoms with Gasteiger partial charge in [0.25, 0.3) is 0 Å². The van der Waals surface area contributed by atoms with Crippen LogP contribution in [0.25, 0.3) is 78.7 Å². The van der Waals surface area contributed by atoms with Crippen LogP contribution in [0.5, 0.6) is 0 Å². The second-order valence-corrected chi connectivity index (χ2v) is 13.5. The number of fused-ring (bicyclic) bond motifs is 6. The van der Waals surface area contributed by atoms with E-state index in [1.807, 2.05) is 109 Å². The molecule has 7 aromatic carbocycles. The Morgan fingerprint density at radius 1 is 0.385 bits per heavy atom. The van der Waals surface area contributed by atoms with Crippen molar-refractivity contribution in [3.63, 3.8) is 0 Å². The molecule has 3 heteroatoms. The van der Waals surface area contributed by atoms with Gasteiger partial charge in [0.15, 0.2) is 17.5 Å². The maximum Gasteiger partial charge on any atom is 0.164 e. The Morgan fingerprint density at radius 2 is 0.846 bits per heavy atom. The fraction of sp³-hybridized carbons (Fsp3) is 0.0816. The summed E-state index contributed by atoms with van der Waals surface area (Å²) >= 11 is 0. The van der Waals surface area contributed by atoms with E-state index in [1.54, 1.807) is 12.1 Å². The highest BCUT2D eigenvalue weighted by atomic mass is 15.0. The van der Waals surface area contributed by atoms with Crippen LogP contribution in [-0.4, -0.2) is 15.0 Å². The lowest BCUT2D eigenvalue weighted by atomic mass is 9.81. The lowest BCUT2D eigenvalue weighted by Gasteiger charge is -2.22. The SMILES string of the molecule is [2H]C([2H])([2H])C1(C([2H])([2H])[2H])c2ccccc2-c2ccc(-c3cccc4c3Cc3c(-c5cccc(-c6nc(-c7ccccc7)nc(-c7ccccc7)n6)c5)cccc3-4)cc21. The highest BCUT2D eigenvalue weighted by molar-refractivity contribution is 5.91. The van der Waals surface area contributed by atoms with E-state index < -0.39 is 19.1 Å². The number of nitrogens with zero attached hydrogens (tertiary/aromatic N) is 3. The number of aromatic nitrogens is 3. The Hall–Kier alpha value is -6.45. The Kier molecular flexibility index (Phi) is 5.60. The largest absolute Gasteiger partial charge is 0.208 e. The van der Waals surface area contributed by atoms with E-state index in [4.69, 9.17) is 23.2 Å². The van der Waals surface area contributed by atoms with Gasteiger partial charge >= 0.3 is 0 Å². The number of hydrogen-bond acceptors (Lipinski definition) is 3. The molecule has 8 aromatic rings. The first kappa shape index (κ1) is 24.7. The van der Waals surface area contributed by atoms with Crippen LogP contribution in [0, 0.1) is 0 Å². The predicted molar refractivity (Wildman–Crippen MR) is 213 cm³/mol. The molecule has 2 aliphatic carbocycles. The normalized spacial score (nSPS) is 15.5. The van der Waals surface area contributed by atoms with Crippen molar-refractivity contribution in [2.75, 3.05) is 0 Å². The average Bonchev–Trinajstić information content (AvgIpc) is 3.78. The van der Waals surface area contributed by atoms with Gasteiger partial charge in [0.1, 0.15) is 0 Å². The van der Waals surface area contributed by atoms with Gasteiger partial charge in [-0.3, -0.25) is 0 Å². The number of rotatable bonds is 5. The molecule has 0 bridgehead atoms. The highest BCUT2D eigenvalue weighted by Gasteiger charge is 2.35. The summed E-state index contributed by atoms with van der Waals surface area (Å²) in [6.45, 7) is -5.66. The summed E-state index contributed by atoms with van der Waals surface area (Å²) in [5.41, 5.74) is 10.8. The topological polar surface area (TPSA) is 38.7 Å². The van der Waals surface area contributed by atoms with Crippen molar-refractivity contribution in [1.29, 1.82) is 0 Å². The molecule has 10 rings (SSSR count). The molecule has 52 heavy (non-hydrogen) atoms. The zero-order chi connectivity index (χ0) is 39.8. The summed E-state index contributed by atoms with van der Waals surface area (Å²) in [6, 6.07) is 53.5. The van der Waals surface area contributed by atoms with Gasteiger partial charge in [-0.15, -0.1) is 0 Å². The van der Waals surface area contributed by atoms with Crippen LogP contribution in [0.15, 0.2) is 164 Å².